The second-order valence-electron chi connectivity index (χ2n) is 4.63. The molecule has 106 valence electrons. The quantitative estimate of drug-likeness (QED) is 0.764. The van der Waals surface area contributed by atoms with E-state index in [1.807, 2.05) is 0 Å². The fraction of sp³-hybridized carbons (Fsp3) is 0.0625. The molecule has 1 amide bonds. The molecule has 3 aromatic rings. The van der Waals surface area contributed by atoms with Crippen molar-refractivity contribution in [2.45, 2.75) is 6.92 Å². The van der Waals surface area contributed by atoms with E-state index in [-0.39, 0.29) is 11.3 Å². The number of carbonyl (C=O) groups is 1. The fourth-order valence-corrected chi connectivity index (χ4v) is 2.15. The Balaban J connectivity index is 1.96. The summed E-state index contributed by atoms with van der Waals surface area (Å²) in [5.74, 6) is -1.37. The van der Waals surface area contributed by atoms with Crippen LogP contribution in [0.3, 0.4) is 0 Å². The number of aryl methyl sites for hydroxylation is 1. The monoisotopic (exact) mass is 287 g/mol. The summed E-state index contributed by atoms with van der Waals surface area (Å²) in [6.45, 7) is 1.69. The second kappa shape index (κ2) is 5.01. The van der Waals surface area contributed by atoms with Crippen LogP contribution in [0.25, 0.3) is 11.0 Å². The van der Waals surface area contributed by atoms with Crippen LogP contribution >= 0.6 is 0 Å². The lowest BCUT2D eigenvalue weighted by Gasteiger charge is -2.03. The van der Waals surface area contributed by atoms with Crippen molar-refractivity contribution in [3.63, 3.8) is 0 Å². The summed E-state index contributed by atoms with van der Waals surface area (Å²) in [4.78, 5) is 12.2. The average molecular weight is 287 g/mol. The highest BCUT2D eigenvalue weighted by Crippen LogP contribution is 2.27. The van der Waals surface area contributed by atoms with Crippen molar-refractivity contribution in [2.75, 3.05) is 5.32 Å². The SMILES string of the molecule is Cc1c(C(=O)Nc2ccc(F)cc2)oc2c(F)cccc12. The standard InChI is InChI=1S/C16H11F2NO2/c1-9-12-3-2-4-13(18)15(12)21-14(9)16(20)19-11-7-5-10(17)6-8-11/h2-8H,1H3,(H,19,20). The average Bonchev–Trinajstić information content (AvgIpc) is 2.81. The van der Waals surface area contributed by atoms with Crippen LogP contribution in [0.4, 0.5) is 14.5 Å². The van der Waals surface area contributed by atoms with E-state index in [1.54, 1.807) is 19.1 Å². The Morgan fingerprint density at radius 3 is 2.48 bits per heavy atom. The number of para-hydroxylation sites is 1. The number of hydrogen-bond donors (Lipinski definition) is 1. The summed E-state index contributed by atoms with van der Waals surface area (Å²) in [6.07, 6.45) is 0. The van der Waals surface area contributed by atoms with Gasteiger partial charge in [-0.3, -0.25) is 4.79 Å². The normalized spacial score (nSPS) is 10.8. The van der Waals surface area contributed by atoms with E-state index < -0.39 is 17.5 Å². The number of nitrogens with one attached hydrogen (secondary N) is 1. The van der Waals surface area contributed by atoms with Crippen LogP contribution in [0, 0.1) is 18.6 Å². The molecule has 1 heterocycles. The minimum Gasteiger partial charge on any atom is -0.448 e. The van der Waals surface area contributed by atoms with Crippen LogP contribution < -0.4 is 5.32 Å². The van der Waals surface area contributed by atoms with Gasteiger partial charge in [0.15, 0.2) is 17.2 Å². The molecule has 0 radical (unpaired) electrons. The number of furan rings is 1. The highest BCUT2D eigenvalue weighted by molar-refractivity contribution is 6.06. The van der Waals surface area contributed by atoms with E-state index in [9.17, 15) is 13.6 Å². The lowest BCUT2D eigenvalue weighted by molar-refractivity contribution is 0.0997. The fourth-order valence-electron chi connectivity index (χ4n) is 2.15. The molecule has 0 aliphatic carbocycles. The van der Waals surface area contributed by atoms with Gasteiger partial charge in [0, 0.05) is 16.6 Å². The lowest BCUT2D eigenvalue weighted by Crippen LogP contribution is -2.12. The number of benzene rings is 2. The number of rotatable bonds is 2. The Bertz CT molecular complexity index is 822. The Labute approximate surface area is 119 Å². The molecule has 5 heteroatoms. The number of halogens is 2. The zero-order valence-electron chi connectivity index (χ0n) is 11.1. The Kier molecular flexibility index (Phi) is 3.17. The van der Waals surface area contributed by atoms with E-state index in [0.29, 0.717) is 16.6 Å². The predicted octanol–water partition coefficient (Wildman–Crippen LogP) is 4.27. The van der Waals surface area contributed by atoms with E-state index in [4.69, 9.17) is 4.42 Å². The number of fused-ring (bicyclic) bond motifs is 1. The minimum atomic E-state index is -0.517. The van der Waals surface area contributed by atoms with Gasteiger partial charge in [-0.25, -0.2) is 8.78 Å². The Morgan fingerprint density at radius 2 is 1.81 bits per heavy atom. The molecular formula is C16H11F2NO2. The van der Waals surface area contributed by atoms with Gasteiger partial charge in [-0.1, -0.05) is 12.1 Å². The number of carbonyl (C=O) groups excluding carboxylic acids is 1. The summed E-state index contributed by atoms with van der Waals surface area (Å²) in [5, 5.41) is 3.14. The van der Waals surface area contributed by atoms with Gasteiger partial charge in [0.1, 0.15) is 5.82 Å². The maximum Gasteiger partial charge on any atom is 0.291 e. The molecule has 0 unspecified atom stereocenters. The minimum absolute atomic E-state index is 0.0411. The van der Waals surface area contributed by atoms with E-state index in [2.05, 4.69) is 5.32 Å². The topological polar surface area (TPSA) is 42.2 Å². The second-order valence-corrected chi connectivity index (χ2v) is 4.63. The highest BCUT2D eigenvalue weighted by Gasteiger charge is 2.19. The number of anilines is 1. The van der Waals surface area contributed by atoms with Gasteiger partial charge >= 0.3 is 0 Å². The van der Waals surface area contributed by atoms with Gasteiger partial charge in [0.2, 0.25) is 0 Å². The maximum atomic E-state index is 13.6. The first-order valence-corrected chi connectivity index (χ1v) is 6.31. The van der Waals surface area contributed by atoms with Crippen molar-refractivity contribution in [1.82, 2.24) is 0 Å². The van der Waals surface area contributed by atoms with E-state index >= 15 is 0 Å². The van der Waals surface area contributed by atoms with Crippen LogP contribution in [0.15, 0.2) is 46.9 Å². The first kappa shape index (κ1) is 13.3. The van der Waals surface area contributed by atoms with Crippen LogP contribution in [0.2, 0.25) is 0 Å². The first-order chi connectivity index (χ1) is 10.1. The molecule has 3 rings (SSSR count). The lowest BCUT2D eigenvalue weighted by atomic mass is 10.1. The molecule has 1 aromatic heterocycles. The van der Waals surface area contributed by atoms with Crippen LogP contribution in [-0.4, -0.2) is 5.91 Å². The number of hydrogen-bond acceptors (Lipinski definition) is 2. The van der Waals surface area contributed by atoms with Crippen LogP contribution in [0.5, 0.6) is 0 Å². The van der Waals surface area contributed by atoms with Gasteiger partial charge in [-0.15, -0.1) is 0 Å². The first-order valence-electron chi connectivity index (χ1n) is 6.31. The molecule has 3 nitrogen and oxygen atoms in total. The van der Waals surface area contributed by atoms with Crippen molar-refractivity contribution in [1.29, 1.82) is 0 Å². The zero-order chi connectivity index (χ0) is 15.0. The summed E-state index contributed by atoms with van der Waals surface area (Å²) >= 11 is 0. The predicted molar refractivity (Wildman–Crippen MR) is 75.3 cm³/mol. The zero-order valence-corrected chi connectivity index (χ0v) is 11.1. The summed E-state index contributed by atoms with van der Waals surface area (Å²) in [6, 6.07) is 9.86. The molecule has 0 atom stereocenters. The van der Waals surface area contributed by atoms with Crippen molar-refractivity contribution >= 4 is 22.6 Å². The summed E-state index contributed by atoms with van der Waals surface area (Å²) in [5.41, 5.74) is 1.05. The summed E-state index contributed by atoms with van der Waals surface area (Å²) in [7, 11) is 0. The molecule has 0 aliphatic rings. The van der Waals surface area contributed by atoms with Crippen LogP contribution in [0.1, 0.15) is 16.1 Å². The van der Waals surface area contributed by atoms with Gasteiger partial charge in [-0.05, 0) is 37.3 Å². The van der Waals surface area contributed by atoms with Crippen molar-refractivity contribution in [3.05, 3.63) is 65.4 Å². The van der Waals surface area contributed by atoms with Crippen molar-refractivity contribution in [2.24, 2.45) is 0 Å². The third-order valence-corrected chi connectivity index (χ3v) is 3.22. The van der Waals surface area contributed by atoms with Gasteiger partial charge < -0.3 is 9.73 Å². The van der Waals surface area contributed by atoms with Gasteiger partial charge in [-0.2, -0.15) is 0 Å². The van der Waals surface area contributed by atoms with Crippen molar-refractivity contribution < 1.29 is 18.0 Å². The third-order valence-electron chi connectivity index (χ3n) is 3.22. The molecule has 1 N–H and O–H groups in total. The van der Waals surface area contributed by atoms with Crippen LogP contribution in [-0.2, 0) is 0 Å². The maximum absolute atomic E-state index is 13.6. The Hall–Kier alpha value is -2.69. The molecule has 0 bridgehead atoms. The molecule has 2 aromatic carbocycles. The van der Waals surface area contributed by atoms with E-state index in [1.165, 1.54) is 30.3 Å². The van der Waals surface area contributed by atoms with Crippen molar-refractivity contribution in [3.8, 4) is 0 Å². The molecule has 0 saturated carbocycles. The molecular weight excluding hydrogens is 276 g/mol. The largest absolute Gasteiger partial charge is 0.448 e. The highest BCUT2D eigenvalue weighted by atomic mass is 19.1. The van der Waals surface area contributed by atoms with E-state index in [0.717, 1.165) is 0 Å². The molecule has 0 saturated heterocycles. The number of amides is 1. The summed E-state index contributed by atoms with van der Waals surface area (Å²) < 4.78 is 31.8. The van der Waals surface area contributed by atoms with Gasteiger partial charge in [0.25, 0.3) is 5.91 Å². The smallest absolute Gasteiger partial charge is 0.291 e. The Morgan fingerprint density at radius 1 is 1.10 bits per heavy atom. The third kappa shape index (κ3) is 2.38. The molecule has 0 aliphatic heterocycles. The molecule has 0 fully saturated rings. The molecule has 0 spiro atoms. The molecule has 21 heavy (non-hydrogen) atoms. The van der Waals surface area contributed by atoms with Gasteiger partial charge in [0.05, 0.1) is 0 Å².